The van der Waals surface area contributed by atoms with Crippen LogP contribution in [0.5, 0.6) is 0 Å². The van der Waals surface area contributed by atoms with Crippen LogP contribution in [0.1, 0.15) is 39.5 Å². The maximum atomic E-state index is 9.64. The Morgan fingerprint density at radius 1 is 1.46 bits per heavy atom. The van der Waals surface area contributed by atoms with Crippen molar-refractivity contribution in [3.05, 3.63) is 0 Å². The van der Waals surface area contributed by atoms with Crippen molar-refractivity contribution in [2.45, 2.75) is 45.6 Å². The van der Waals surface area contributed by atoms with Gasteiger partial charge in [0.2, 0.25) is 0 Å². The zero-order valence-corrected chi connectivity index (χ0v) is 8.83. The summed E-state index contributed by atoms with van der Waals surface area (Å²) in [5.74, 6) is 1.32. The second-order valence-corrected chi connectivity index (χ2v) is 4.59. The molecule has 1 aliphatic rings. The van der Waals surface area contributed by atoms with Gasteiger partial charge in [0.25, 0.3) is 0 Å². The molecule has 2 atom stereocenters. The molecule has 2 heteroatoms. The molecule has 0 bridgehead atoms. The lowest BCUT2D eigenvalue weighted by Crippen LogP contribution is -2.12. The molecule has 0 saturated carbocycles. The van der Waals surface area contributed by atoms with Gasteiger partial charge in [0.1, 0.15) is 0 Å². The van der Waals surface area contributed by atoms with Crippen LogP contribution in [-0.4, -0.2) is 24.4 Å². The molecule has 0 spiro atoms. The second-order valence-electron chi connectivity index (χ2n) is 4.59. The number of rotatable bonds is 5. The molecule has 1 aliphatic heterocycles. The molecule has 1 N–H and O–H groups in total. The summed E-state index contributed by atoms with van der Waals surface area (Å²) in [7, 11) is 0. The number of hydrogen-bond acceptors (Lipinski definition) is 2. The lowest BCUT2D eigenvalue weighted by atomic mass is 9.96. The predicted octanol–water partition coefficient (Wildman–Crippen LogP) is 2.21. The van der Waals surface area contributed by atoms with E-state index in [2.05, 4.69) is 13.8 Å². The quantitative estimate of drug-likeness (QED) is 0.713. The van der Waals surface area contributed by atoms with E-state index < -0.39 is 0 Å². The van der Waals surface area contributed by atoms with Gasteiger partial charge >= 0.3 is 0 Å². The fourth-order valence-electron chi connectivity index (χ4n) is 1.90. The Morgan fingerprint density at radius 3 is 2.77 bits per heavy atom. The molecule has 78 valence electrons. The van der Waals surface area contributed by atoms with E-state index in [1.165, 1.54) is 6.42 Å². The van der Waals surface area contributed by atoms with Crippen molar-refractivity contribution in [1.29, 1.82) is 0 Å². The lowest BCUT2D eigenvalue weighted by molar-refractivity contribution is 0.126. The molecule has 0 amide bonds. The van der Waals surface area contributed by atoms with E-state index in [-0.39, 0.29) is 6.10 Å². The van der Waals surface area contributed by atoms with Gasteiger partial charge in [-0.1, -0.05) is 13.8 Å². The molecule has 0 radical (unpaired) electrons. The first-order valence-electron chi connectivity index (χ1n) is 5.44. The maximum absolute atomic E-state index is 9.64. The third-order valence-electron chi connectivity index (χ3n) is 2.68. The number of ether oxygens (including phenoxy) is 1. The standard InChI is InChI=1S/C11H22O2/c1-9(2)7-11(12)4-3-10-5-6-13-8-10/h9-12H,3-8H2,1-2H3. The van der Waals surface area contributed by atoms with E-state index in [9.17, 15) is 5.11 Å². The molecule has 1 heterocycles. The van der Waals surface area contributed by atoms with Crippen LogP contribution >= 0.6 is 0 Å². The maximum Gasteiger partial charge on any atom is 0.0542 e. The first-order chi connectivity index (χ1) is 6.18. The summed E-state index contributed by atoms with van der Waals surface area (Å²) in [5, 5.41) is 9.64. The molecule has 2 nitrogen and oxygen atoms in total. The molecular formula is C11H22O2. The average Bonchev–Trinajstić information content (AvgIpc) is 2.51. The number of aliphatic hydroxyl groups is 1. The molecule has 13 heavy (non-hydrogen) atoms. The Balaban J connectivity index is 2.03. The molecule has 0 aliphatic carbocycles. The fourth-order valence-corrected chi connectivity index (χ4v) is 1.90. The molecule has 1 fully saturated rings. The molecule has 2 unspecified atom stereocenters. The molecule has 1 rings (SSSR count). The minimum absolute atomic E-state index is 0.0967. The van der Waals surface area contributed by atoms with Gasteiger partial charge in [0, 0.05) is 13.2 Å². The van der Waals surface area contributed by atoms with Crippen LogP contribution in [0.3, 0.4) is 0 Å². The number of aliphatic hydroxyl groups excluding tert-OH is 1. The van der Waals surface area contributed by atoms with Crippen LogP contribution in [0.25, 0.3) is 0 Å². The van der Waals surface area contributed by atoms with Gasteiger partial charge in [0.05, 0.1) is 6.10 Å². The minimum Gasteiger partial charge on any atom is -0.393 e. The number of hydrogen-bond donors (Lipinski definition) is 1. The summed E-state index contributed by atoms with van der Waals surface area (Å²) >= 11 is 0. The Kier molecular flexibility index (Phi) is 4.74. The van der Waals surface area contributed by atoms with Crippen LogP contribution in [0.2, 0.25) is 0 Å². The van der Waals surface area contributed by atoms with Gasteiger partial charge in [-0.3, -0.25) is 0 Å². The van der Waals surface area contributed by atoms with Crippen LogP contribution in [-0.2, 0) is 4.74 Å². The minimum atomic E-state index is -0.0967. The highest BCUT2D eigenvalue weighted by molar-refractivity contribution is 4.67. The SMILES string of the molecule is CC(C)CC(O)CCC1CCOC1. The van der Waals surface area contributed by atoms with Gasteiger partial charge in [-0.15, -0.1) is 0 Å². The summed E-state index contributed by atoms with van der Waals surface area (Å²) in [6.07, 6.45) is 4.11. The highest BCUT2D eigenvalue weighted by Crippen LogP contribution is 2.20. The fraction of sp³-hybridized carbons (Fsp3) is 1.00. The lowest BCUT2D eigenvalue weighted by Gasteiger charge is -2.14. The van der Waals surface area contributed by atoms with E-state index in [0.29, 0.717) is 11.8 Å². The third kappa shape index (κ3) is 4.63. The zero-order chi connectivity index (χ0) is 9.68. The van der Waals surface area contributed by atoms with Gasteiger partial charge in [-0.25, -0.2) is 0 Å². The van der Waals surface area contributed by atoms with E-state index >= 15 is 0 Å². The zero-order valence-electron chi connectivity index (χ0n) is 8.83. The van der Waals surface area contributed by atoms with Crippen molar-refractivity contribution < 1.29 is 9.84 Å². The molecule has 1 saturated heterocycles. The molecular weight excluding hydrogens is 164 g/mol. The summed E-state index contributed by atoms with van der Waals surface area (Å²) in [6, 6.07) is 0. The van der Waals surface area contributed by atoms with Crippen molar-refractivity contribution in [2.75, 3.05) is 13.2 Å². The van der Waals surface area contributed by atoms with E-state index in [1.54, 1.807) is 0 Å². The van der Waals surface area contributed by atoms with Crippen LogP contribution < -0.4 is 0 Å². The third-order valence-corrected chi connectivity index (χ3v) is 2.68. The average molecular weight is 186 g/mol. The Hall–Kier alpha value is -0.0800. The smallest absolute Gasteiger partial charge is 0.0542 e. The molecule has 0 aromatic carbocycles. The summed E-state index contributed by atoms with van der Waals surface area (Å²) in [6.45, 7) is 6.14. The summed E-state index contributed by atoms with van der Waals surface area (Å²) in [4.78, 5) is 0. The second kappa shape index (κ2) is 5.61. The van der Waals surface area contributed by atoms with Gasteiger partial charge in [0.15, 0.2) is 0 Å². The predicted molar refractivity (Wildman–Crippen MR) is 53.6 cm³/mol. The first kappa shape index (κ1) is 11.0. The molecule has 0 aromatic heterocycles. The van der Waals surface area contributed by atoms with E-state index in [4.69, 9.17) is 4.74 Å². The van der Waals surface area contributed by atoms with Gasteiger partial charge in [-0.2, -0.15) is 0 Å². The van der Waals surface area contributed by atoms with Crippen molar-refractivity contribution in [3.63, 3.8) is 0 Å². The normalized spacial score (nSPS) is 25.4. The van der Waals surface area contributed by atoms with Crippen LogP contribution in [0.15, 0.2) is 0 Å². The Bertz CT molecular complexity index is 128. The Morgan fingerprint density at radius 2 is 2.23 bits per heavy atom. The first-order valence-corrected chi connectivity index (χ1v) is 5.44. The van der Waals surface area contributed by atoms with Crippen LogP contribution in [0, 0.1) is 11.8 Å². The summed E-state index contributed by atoms with van der Waals surface area (Å²) in [5.41, 5.74) is 0. The van der Waals surface area contributed by atoms with Crippen molar-refractivity contribution in [3.8, 4) is 0 Å². The molecule has 0 aromatic rings. The van der Waals surface area contributed by atoms with Crippen molar-refractivity contribution in [2.24, 2.45) is 11.8 Å². The van der Waals surface area contributed by atoms with Crippen molar-refractivity contribution >= 4 is 0 Å². The largest absolute Gasteiger partial charge is 0.393 e. The van der Waals surface area contributed by atoms with E-state index in [0.717, 1.165) is 32.5 Å². The van der Waals surface area contributed by atoms with Gasteiger partial charge in [-0.05, 0) is 37.5 Å². The highest BCUT2D eigenvalue weighted by atomic mass is 16.5. The highest BCUT2D eigenvalue weighted by Gasteiger charge is 2.17. The van der Waals surface area contributed by atoms with Gasteiger partial charge < -0.3 is 9.84 Å². The topological polar surface area (TPSA) is 29.5 Å². The Labute approximate surface area is 81.3 Å². The van der Waals surface area contributed by atoms with Crippen molar-refractivity contribution in [1.82, 2.24) is 0 Å². The summed E-state index contributed by atoms with van der Waals surface area (Å²) < 4.78 is 5.29. The van der Waals surface area contributed by atoms with E-state index in [1.807, 2.05) is 0 Å². The monoisotopic (exact) mass is 186 g/mol. The van der Waals surface area contributed by atoms with Crippen LogP contribution in [0.4, 0.5) is 0 Å².